The summed E-state index contributed by atoms with van der Waals surface area (Å²) in [5, 5.41) is 12.5. The zero-order valence-electron chi connectivity index (χ0n) is 19.0. The fourth-order valence-electron chi connectivity index (χ4n) is 5.51. The lowest BCUT2D eigenvalue weighted by molar-refractivity contribution is 0.0951. The Morgan fingerprint density at radius 1 is 1.09 bits per heavy atom. The maximum absolute atomic E-state index is 12.5. The molecule has 2 aliphatic carbocycles. The minimum Gasteiger partial charge on any atom is -0.351 e. The van der Waals surface area contributed by atoms with Gasteiger partial charge in [-0.3, -0.25) is 4.79 Å². The Bertz CT molecular complexity index is 1210. The van der Waals surface area contributed by atoms with E-state index < -0.39 is 0 Å². The lowest BCUT2D eigenvalue weighted by Crippen LogP contribution is -2.31. The Labute approximate surface area is 189 Å². The van der Waals surface area contributed by atoms with Crippen LogP contribution in [-0.4, -0.2) is 48.7 Å². The Morgan fingerprint density at radius 2 is 1.81 bits per heavy atom. The van der Waals surface area contributed by atoms with E-state index in [2.05, 4.69) is 22.3 Å². The highest BCUT2D eigenvalue weighted by Gasteiger charge is 2.41. The van der Waals surface area contributed by atoms with E-state index in [1.165, 1.54) is 35.8 Å². The maximum Gasteiger partial charge on any atom is 0.251 e. The summed E-state index contributed by atoms with van der Waals surface area (Å²) in [4.78, 5) is 19.6. The Balaban J connectivity index is 1.55. The van der Waals surface area contributed by atoms with Crippen molar-refractivity contribution in [1.82, 2.24) is 15.2 Å². The number of fused-ring (bicyclic) bond motifs is 7. The van der Waals surface area contributed by atoms with Gasteiger partial charge in [-0.15, -0.1) is 0 Å². The van der Waals surface area contributed by atoms with Crippen molar-refractivity contribution in [1.29, 1.82) is 5.41 Å². The van der Waals surface area contributed by atoms with Gasteiger partial charge in [0.05, 0.1) is 11.2 Å². The van der Waals surface area contributed by atoms with E-state index >= 15 is 0 Å². The van der Waals surface area contributed by atoms with Gasteiger partial charge in [-0.2, -0.15) is 0 Å². The van der Waals surface area contributed by atoms with Gasteiger partial charge in [-0.1, -0.05) is 24.3 Å². The zero-order chi connectivity index (χ0) is 22.4. The first-order chi connectivity index (χ1) is 15.4. The molecule has 5 nitrogen and oxygen atoms in total. The Hall–Kier alpha value is -3.05. The van der Waals surface area contributed by atoms with Gasteiger partial charge < -0.3 is 15.6 Å². The van der Waals surface area contributed by atoms with Crippen LogP contribution in [0.15, 0.2) is 42.5 Å². The minimum absolute atomic E-state index is 0.0414. The van der Waals surface area contributed by atoms with Gasteiger partial charge in [0.25, 0.3) is 5.91 Å². The molecule has 1 heterocycles. The van der Waals surface area contributed by atoms with Crippen LogP contribution < -0.4 is 5.32 Å². The SMILES string of the molecule is CC(=N)c1cccc2nc(-c3ccc(C(=O)NCCN(C)C)cc3)c3c(c12)C1CCC3C1. The number of amides is 1. The van der Waals surface area contributed by atoms with Gasteiger partial charge in [0, 0.05) is 40.9 Å². The number of pyridine rings is 1. The van der Waals surface area contributed by atoms with E-state index in [9.17, 15) is 4.79 Å². The monoisotopic (exact) mass is 426 g/mol. The van der Waals surface area contributed by atoms with Gasteiger partial charge in [0.1, 0.15) is 0 Å². The Kier molecular flexibility index (Phi) is 5.30. The number of likely N-dealkylation sites (N-methyl/N-ethyl adjacent to an activating group) is 1. The molecule has 32 heavy (non-hydrogen) atoms. The molecule has 2 unspecified atom stereocenters. The molecule has 1 saturated carbocycles. The molecule has 5 rings (SSSR count). The van der Waals surface area contributed by atoms with Crippen LogP contribution in [0.1, 0.15) is 65.1 Å². The number of nitrogens with one attached hydrogen (secondary N) is 2. The molecule has 3 aromatic rings. The average Bonchev–Trinajstić information content (AvgIpc) is 3.40. The van der Waals surface area contributed by atoms with Crippen LogP contribution in [-0.2, 0) is 0 Å². The molecule has 2 bridgehead atoms. The molecule has 2 aliphatic rings. The van der Waals surface area contributed by atoms with Gasteiger partial charge in [-0.05, 0) is 81.4 Å². The van der Waals surface area contributed by atoms with E-state index in [0.29, 0.717) is 29.7 Å². The number of aromatic nitrogens is 1. The van der Waals surface area contributed by atoms with Crippen molar-refractivity contribution in [2.45, 2.75) is 38.0 Å². The summed E-state index contributed by atoms with van der Waals surface area (Å²) in [7, 11) is 3.99. The summed E-state index contributed by atoms with van der Waals surface area (Å²) in [5.41, 5.74) is 8.18. The fourth-order valence-corrected chi connectivity index (χ4v) is 5.51. The van der Waals surface area contributed by atoms with Crippen LogP contribution in [0, 0.1) is 5.41 Å². The zero-order valence-corrected chi connectivity index (χ0v) is 19.0. The van der Waals surface area contributed by atoms with E-state index in [-0.39, 0.29) is 5.91 Å². The number of hydrogen-bond donors (Lipinski definition) is 2. The smallest absolute Gasteiger partial charge is 0.251 e. The van der Waals surface area contributed by atoms with Gasteiger partial charge in [0.2, 0.25) is 0 Å². The maximum atomic E-state index is 12.5. The van der Waals surface area contributed by atoms with Crippen LogP contribution in [0.3, 0.4) is 0 Å². The summed E-state index contributed by atoms with van der Waals surface area (Å²) in [5.74, 6) is 1.08. The van der Waals surface area contributed by atoms with E-state index in [0.717, 1.165) is 28.9 Å². The van der Waals surface area contributed by atoms with Crippen LogP contribution in [0.25, 0.3) is 22.2 Å². The third kappa shape index (κ3) is 3.51. The van der Waals surface area contributed by atoms with Crippen molar-refractivity contribution < 1.29 is 4.79 Å². The quantitative estimate of drug-likeness (QED) is 0.548. The first-order valence-electron chi connectivity index (χ1n) is 11.5. The molecular formula is C27H30N4O. The van der Waals surface area contributed by atoms with Crippen LogP contribution in [0.2, 0.25) is 0 Å². The summed E-state index contributed by atoms with van der Waals surface area (Å²) < 4.78 is 0. The number of benzene rings is 2. The van der Waals surface area contributed by atoms with E-state index in [4.69, 9.17) is 10.4 Å². The predicted molar refractivity (Wildman–Crippen MR) is 130 cm³/mol. The second-order valence-electron chi connectivity index (χ2n) is 9.46. The number of carbonyl (C=O) groups excluding carboxylic acids is 1. The second kappa shape index (κ2) is 8.14. The highest BCUT2D eigenvalue weighted by atomic mass is 16.1. The number of hydrogen-bond acceptors (Lipinski definition) is 4. The highest BCUT2D eigenvalue weighted by Crippen LogP contribution is 2.57. The van der Waals surface area contributed by atoms with Crippen molar-refractivity contribution in [3.63, 3.8) is 0 Å². The van der Waals surface area contributed by atoms with Gasteiger partial charge in [0.15, 0.2) is 0 Å². The molecule has 164 valence electrons. The summed E-state index contributed by atoms with van der Waals surface area (Å²) >= 11 is 0. The average molecular weight is 427 g/mol. The van der Waals surface area contributed by atoms with Crippen molar-refractivity contribution in [3.8, 4) is 11.3 Å². The topological polar surface area (TPSA) is 69.1 Å². The number of carbonyl (C=O) groups is 1. The van der Waals surface area contributed by atoms with Crippen LogP contribution >= 0.6 is 0 Å². The fraction of sp³-hybridized carbons (Fsp3) is 0.370. The molecule has 0 radical (unpaired) electrons. The molecule has 2 atom stereocenters. The number of nitrogens with zero attached hydrogens (tertiary/aromatic N) is 2. The van der Waals surface area contributed by atoms with E-state index in [1.54, 1.807) is 0 Å². The molecule has 0 aliphatic heterocycles. The molecule has 0 saturated heterocycles. The highest BCUT2D eigenvalue weighted by molar-refractivity contribution is 6.10. The Morgan fingerprint density at radius 3 is 2.50 bits per heavy atom. The number of rotatable bonds is 6. The minimum atomic E-state index is -0.0414. The summed E-state index contributed by atoms with van der Waals surface area (Å²) in [6.45, 7) is 3.31. The molecule has 2 N–H and O–H groups in total. The second-order valence-corrected chi connectivity index (χ2v) is 9.46. The van der Waals surface area contributed by atoms with Gasteiger partial charge >= 0.3 is 0 Å². The van der Waals surface area contributed by atoms with Crippen molar-refractivity contribution >= 4 is 22.5 Å². The standard InChI is InChI=1S/C27H30N4O/c1-16(28)21-5-4-6-22-25(21)23-19-11-12-20(15-19)24(23)26(30-22)17-7-9-18(10-8-17)27(32)29-13-14-31(2)3/h4-10,19-20,28H,11-15H2,1-3H3,(H,29,32). The predicted octanol–water partition coefficient (Wildman–Crippen LogP) is 4.95. The van der Waals surface area contributed by atoms with E-state index in [1.807, 2.05) is 51.4 Å². The van der Waals surface area contributed by atoms with Crippen LogP contribution in [0.4, 0.5) is 0 Å². The third-order valence-corrected chi connectivity index (χ3v) is 7.01. The normalized spacial score (nSPS) is 18.9. The summed E-state index contributed by atoms with van der Waals surface area (Å²) in [6.07, 6.45) is 3.64. The van der Waals surface area contributed by atoms with Crippen molar-refractivity contribution in [2.24, 2.45) is 0 Å². The molecular weight excluding hydrogens is 396 g/mol. The van der Waals surface area contributed by atoms with Gasteiger partial charge in [-0.25, -0.2) is 4.98 Å². The molecule has 2 aromatic carbocycles. The molecule has 5 heteroatoms. The molecule has 1 aromatic heterocycles. The summed E-state index contributed by atoms with van der Waals surface area (Å²) in [6, 6.07) is 14.0. The lowest BCUT2D eigenvalue weighted by Gasteiger charge is -2.22. The third-order valence-electron chi connectivity index (χ3n) is 7.01. The molecule has 1 fully saturated rings. The van der Waals surface area contributed by atoms with Crippen molar-refractivity contribution in [2.75, 3.05) is 27.2 Å². The van der Waals surface area contributed by atoms with Crippen LogP contribution in [0.5, 0.6) is 0 Å². The first-order valence-corrected chi connectivity index (χ1v) is 11.5. The molecule has 0 spiro atoms. The lowest BCUT2D eigenvalue weighted by atomic mass is 9.84. The molecule has 1 amide bonds. The first kappa shape index (κ1) is 20.8. The largest absolute Gasteiger partial charge is 0.351 e. The van der Waals surface area contributed by atoms with Crippen molar-refractivity contribution in [3.05, 3.63) is 64.7 Å².